The molecule has 1 aliphatic heterocycles. The molecule has 134 valence electrons. The molecule has 1 aromatic heterocycles. The zero-order chi connectivity index (χ0) is 17.9. The summed E-state index contributed by atoms with van der Waals surface area (Å²) < 4.78 is 5.35. The molecule has 8 heteroatoms. The van der Waals surface area contributed by atoms with Gasteiger partial charge in [0.15, 0.2) is 0 Å². The number of anilines is 2. The van der Waals surface area contributed by atoms with Crippen molar-refractivity contribution in [2.24, 2.45) is 5.92 Å². The van der Waals surface area contributed by atoms with Crippen LogP contribution >= 0.6 is 11.6 Å². The Balaban J connectivity index is 2.08. The molecule has 1 aromatic rings. The second-order valence-corrected chi connectivity index (χ2v) is 7.60. The number of hydrogen-bond donors (Lipinski definition) is 2. The second-order valence-electron chi connectivity index (χ2n) is 7.21. The van der Waals surface area contributed by atoms with Crippen LogP contribution in [0.2, 0.25) is 5.15 Å². The van der Waals surface area contributed by atoms with Crippen LogP contribution in [0, 0.1) is 5.92 Å². The monoisotopic (exact) mass is 355 g/mol. The minimum Gasteiger partial charge on any atom is -0.444 e. The third-order valence-electron chi connectivity index (χ3n) is 3.61. The van der Waals surface area contributed by atoms with Gasteiger partial charge in [0.05, 0.1) is 6.04 Å². The molecule has 7 nitrogen and oxygen atoms in total. The minimum absolute atomic E-state index is 0.00428. The van der Waals surface area contributed by atoms with Crippen LogP contribution in [0.3, 0.4) is 0 Å². The summed E-state index contributed by atoms with van der Waals surface area (Å²) >= 11 is 6.07. The highest BCUT2D eigenvalue weighted by atomic mass is 35.5. The molecule has 2 atom stereocenters. The van der Waals surface area contributed by atoms with E-state index in [0.717, 1.165) is 18.8 Å². The third-order valence-corrected chi connectivity index (χ3v) is 3.80. The van der Waals surface area contributed by atoms with Gasteiger partial charge in [-0.2, -0.15) is 4.98 Å². The smallest absolute Gasteiger partial charge is 0.407 e. The fourth-order valence-electron chi connectivity index (χ4n) is 2.80. The Morgan fingerprint density at radius 3 is 2.71 bits per heavy atom. The van der Waals surface area contributed by atoms with Gasteiger partial charge in [-0.1, -0.05) is 18.5 Å². The average Bonchev–Trinajstić information content (AvgIpc) is 2.43. The van der Waals surface area contributed by atoms with E-state index in [9.17, 15) is 4.79 Å². The number of carbonyl (C=O) groups excluding carboxylic acids is 1. The first-order chi connectivity index (χ1) is 11.2. The maximum absolute atomic E-state index is 12.0. The zero-order valence-corrected chi connectivity index (χ0v) is 15.6. The lowest BCUT2D eigenvalue weighted by molar-refractivity contribution is 0.0495. The van der Waals surface area contributed by atoms with Crippen LogP contribution in [-0.4, -0.2) is 47.8 Å². The summed E-state index contributed by atoms with van der Waals surface area (Å²) in [5.74, 6) is 1.64. The quantitative estimate of drug-likeness (QED) is 0.811. The number of nitrogens with one attached hydrogen (secondary N) is 2. The number of ether oxygens (including phenoxy) is 1. The number of rotatable bonds is 3. The van der Waals surface area contributed by atoms with E-state index in [1.807, 2.05) is 20.8 Å². The van der Waals surface area contributed by atoms with Crippen LogP contribution in [0.4, 0.5) is 16.6 Å². The fourth-order valence-corrected chi connectivity index (χ4v) is 2.97. The Kier molecular flexibility index (Phi) is 5.74. The Hall–Kier alpha value is -1.76. The molecule has 0 bridgehead atoms. The van der Waals surface area contributed by atoms with E-state index in [2.05, 4.69) is 32.4 Å². The van der Waals surface area contributed by atoms with Crippen LogP contribution < -0.4 is 15.5 Å². The van der Waals surface area contributed by atoms with E-state index < -0.39 is 11.7 Å². The Bertz CT molecular complexity index is 590. The van der Waals surface area contributed by atoms with Gasteiger partial charge in [-0.3, -0.25) is 0 Å². The molecule has 1 fully saturated rings. The van der Waals surface area contributed by atoms with Gasteiger partial charge >= 0.3 is 6.09 Å². The summed E-state index contributed by atoms with van der Waals surface area (Å²) in [4.78, 5) is 22.7. The molecule has 2 rings (SSSR count). The molecule has 1 saturated heterocycles. The summed E-state index contributed by atoms with van der Waals surface area (Å²) in [6.07, 6.45) is 0.506. The molecule has 0 aliphatic carbocycles. The number of nitrogens with zero attached hydrogens (tertiary/aromatic N) is 3. The summed E-state index contributed by atoms with van der Waals surface area (Å²) in [6, 6.07) is 1.74. The van der Waals surface area contributed by atoms with E-state index in [-0.39, 0.29) is 6.04 Å². The lowest BCUT2D eigenvalue weighted by Crippen LogP contribution is -2.51. The first-order valence-corrected chi connectivity index (χ1v) is 8.51. The van der Waals surface area contributed by atoms with Crippen molar-refractivity contribution in [3.05, 3.63) is 11.2 Å². The Morgan fingerprint density at radius 2 is 2.08 bits per heavy atom. The third kappa shape index (κ3) is 5.40. The number of hydrogen-bond acceptors (Lipinski definition) is 6. The highest BCUT2D eigenvalue weighted by Crippen LogP contribution is 2.24. The van der Waals surface area contributed by atoms with Crippen molar-refractivity contribution in [3.63, 3.8) is 0 Å². The molecule has 0 spiro atoms. The van der Waals surface area contributed by atoms with Gasteiger partial charge in [0.2, 0.25) is 5.95 Å². The average molecular weight is 356 g/mol. The van der Waals surface area contributed by atoms with Gasteiger partial charge in [-0.15, -0.1) is 0 Å². The van der Waals surface area contributed by atoms with Crippen molar-refractivity contribution < 1.29 is 9.53 Å². The zero-order valence-electron chi connectivity index (χ0n) is 14.9. The Labute approximate surface area is 148 Å². The van der Waals surface area contributed by atoms with Gasteiger partial charge in [-0.25, -0.2) is 9.78 Å². The van der Waals surface area contributed by atoms with Crippen molar-refractivity contribution in [3.8, 4) is 0 Å². The molecule has 2 heterocycles. The summed E-state index contributed by atoms with van der Waals surface area (Å²) in [5.41, 5.74) is -0.508. The lowest BCUT2D eigenvalue weighted by atomic mass is 9.96. The van der Waals surface area contributed by atoms with Gasteiger partial charge in [-0.05, 0) is 33.1 Å². The summed E-state index contributed by atoms with van der Waals surface area (Å²) in [6.45, 7) is 9.21. The lowest BCUT2D eigenvalue weighted by Gasteiger charge is -2.37. The molecule has 0 aromatic carbocycles. The molecule has 0 radical (unpaired) electrons. The molecular formula is C16H26ClN5O2. The molecule has 0 saturated carbocycles. The molecular weight excluding hydrogens is 330 g/mol. The molecule has 24 heavy (non-hydrogen) atoms. The first kappa shape index (κ1) is 18.6. The van der Waals surface area contributed by atoms with E-state index in [1.165, 1.54) is 0 Å². The Morgan fingerprint density at radius 1 is 1.38 bits per heavy atom. The van der Waals surface area contributed by atoms with Gasteiger partial charge < -0.3 is 20.3 Å². The van der Waals surface area contributed by atoms with E-state index in [0.29, 0.717) is 23.6 Å². The maximum Gasteiger partial charge on any atom is 0.407 e. The predicted molar refractivity (Wildman–Crippen MR) is 95.7 cm³/mol. The number of halogens is 1. The summed E-state index contributed by atoms with van der Waals surface area (Å²) in [7, 11) is 1.75. The largest absolute Gasteiger partial charge is 0.444 e. The highest BCUT2D eigenvalue weighted by molar-refractivity contribution is 6.29. The molecule has 1 amide bonds. The fraction of sp³-hybridized carbons (Fsp3) is 0.688. The topological polar surface area (TPSA) is 79.4 Å². The second kappa shape index (κ2) is 7.42. The van der Waals surface area contributed by atoms with Crippen molar-refractivity contribution in [1.82, 2.24) is 15.3 Å². The van der Waals surface area contributed by atoms with Crippen LogP contribution in [0.15, 0.2) is 6.07 Å². The van der Waals surface area contributed by atoms with Gasteiger partial charge in [0.1, 0.15) is 16.6 Å². The van der Waals surface area contributed by atoms with Crippen LogP contribution in [0.25, 0.3) is 0 Å². The predicted octanol–water partition coefficient (Wildman–Crippen LogP) is 2.91. The SMILES string of the molecule is CNc1nc(Cl)cc(N2CC(C)CC(NC(=O)OC(C)(C)C)C2)n1. The number of carbonyl (C=O) groups is 1. The van der Waals surface area contributed by atoms with E-state index in [1.54, 1.807) is 13.1 Å². The van der Waals surface area contributed by atoms with Crippen LogP contribution in [0.5, 0.6) is 0 Å². The van der Waals surface area contributed by atoms with Gasteiger partial charge in [0.25, 0.3) is 0 Å². The van der Waals surface area contributed by atoms with Gasteiger partial charge in [0, 0.05) is 26.2 Å². The molecule has 2 unspecified atom stereocenters. The number of alkyl carbamates (subject to hydrolysis) is 1. The standard InChI is InChI=1S/C16H26ClN5O2/c1-10-6-11(19-15(23)24-16(2,3)4)9-22(8-10)13-7-12(17)20-14(18-5)21-13/h7,10-11H,6,8-9H2,1-5H3,(H,19,23)(H,18,20,21). The number of amides is 1. The van der Waals surface area contributed by atoms with Crippen molar-refractivity contribution >= 4 is 29.5 Å². The summed E-state index contributed by atoms with van der Waals surface area (Å²) in [5, 5.41) is 6.25. The number of aromatic nitrogens is 2. The highest BCUT2D eigenvalue weighted by Gasteiger charge is 2.28. The normalized spacial score (nSPS) is 21.3. The van der Waals surface area contributed by atoms with Crippen LogP contribution in [-0.2, 0) is 4.74 Å². The molecule has 1 aliphatic rings. The molecule has 2 N–H and O–H groups in total. The van der Waals surface area contributed by atoms with Crippen molar-refractivity contribution in [2.75, 3.05) is 30.4 Å². The minimum atomic E-state index is -0.508. The van der Waals surface area contributed by atoms with E-state index >= 15 is 0 Å². The van der Waals surface area contributed by atoms with E-state index in [4.69, 9.17) is 16.3 Å². The van der Waals surface area contributed by atoms with Crippen LogP contribution in [0.1, 0.15) is 34.1 Å². The van der Waals surface area contributed by atoms with Crippen molar-refractivity contribution in [2.45, 2.75) is 45.8 Å². The van der Waals surface area contributed by atoms with Crippen molar-refractivity contribution in [1.29, 1.82) is 0 Å². The number of piperidine rings is 1. The maximum atomic E-state index is 12.0. The first-order valence-electron chi connectivity index (χ1n) is 8.13.